The fourth-order valence-corrected chi connectivity index (χ4v) is 4.32. The number of rotatable bonds is 5. The van der Waals surface area contributed by atoms with Crippen molar-refractivity contribution in [3.8, 4) is 0 Å². The summed E-state index contributed by atoms with van der Waals surface area (Å²) >= 11 is 0. The second-order valence-electron chi connectivity index (χ2n) is 8.54. The molecule has 3 rings (SSSR count). The highest BCUT2D eigenvalue weighted by atomic mass is 16.1. The zero-order valence-corrected chi connectivity index (χ0v) is 15.2. The molecule has 0 heterocycles. The lowest BCUT2D eigenvalue weighted by Crippen LogP contribution is -2.36. The maximum absolute atomic E-state index is 10.5. The molecule has 1 amide bonds. The highest BCUT2D eigenvalue weighted by Crippen LogP contribution is 2.42. The molecule has 1 aromatic carbocycles. The quantitative estimate of drug-likeness (QED) is 0.759. The van der Waals surface area contributed by atoms with Crippen LogP contribution in [0.15, 0.2) is 24.3 Å². The Morgan fingerprint density at radius 2 is 1.50 bits per heavy atom. The molecule has 1 aromatic rings. The van der Waals surface area contributed by atoms with Gasteiger partial charge in [0.25, 0.3) is 0 Å². The van der Waals surface area contributed by atoms with E-state index in [9.17, 15) is 4.79 Å². The third kappa shape index (κ3) is 4.52. The molecule has 0 bridgehead atoms. The van der Waals surface area contributed by atoms with E-state index in [-0.39, 0.29) is 0 Å². The topological polar surface area (TPSA) is 41.1 Å². The summed E-state index contributed by atoms with van der Waals surface area (Å²) in [6, 6.07) is 10.1. The van der Waals surface area contributed by atoms with Gasteiger partial charge < -0.3 is 10.6 Å². The summed E-state index contributed by atoms with van der Waals surface area (Å²) < 4.78 is 0. The first-order valence-electron chi connectivity index (χ1n) is 9.62. The Bertz CT molecular complexity index is 519. The number of carbonyl (C=O) groups excluding carboxylic acids is 1. The van der Waals surface area contributed by atoms with Crippen molar-refractivity contribution in [2.45, 2.75) is 83.2 Å². The van der Waals surface area contributed by atoms with Crippen molar-refractivity contribution in [1.29, 1.82) is 0 Å². The third-order valence-electron chi connectivity index (χ3n) is 6.12. The van der Waals surface area contributed by atoms with Gasteiger partial charge >= 0.3 is 0 Å². The van der Waals surface area contributed by atoms with Gasteiger partial charge in [0.05, 0.1) is 0 Å². The van der Waals surface area contributed by atoms with E-state index in [1.54, 1.807) is 0 Å². The number of nitrogens with one attached hydrogen (secondary N) is 2. The normalized spacial score (nSPS) is 27.4. The number of amides is 1. The molecule has 0 aromatic heterocycles. The number of hydrogen-bond donors (Lipinski definition) is 2. The number of benzene rings is 1. The van der Waals surface area contributed by atoms with E-state index < -0.39 is 0 Å². The van der Waals surface area contributed by atoms with Gasteiger partial charge in [-0.05, 0) is 80.4 Å². The third-order valence-corrected chi connectivity index (χ3v) is 6.12. The molecule has 3 nitrogen and oxygen atoms in total. The van der Waals surface area contributed by atoms with E-state index in [4.69, 9.17) is 0 Å². The minimum Gasteiger partial charge on any atom is -0.382 e. The van der Waals surface area contributed by atoms with E-state index in [0.29, 0.717) is 17.5 Å². The summed E-state index contributed by atoms with van der Waals surface area (Å²) in [5, 5.41) is 6.58. The van der Waals surface area contributed by atoms with Crippen LogP contribution in [-0.2, 0) is 4.79 Å². The van der Waals surface area contributed by atoms with Crippen molar-refractivity contribution in [1.82, 2.24) is 5.32 Å². The van der Waals surface area contributed by atoms with E-state index in [0.717, 1.165) is 38.0 Å². The van der Waals surface area contributed by atoms with Crippen LogP contribution in [-0.4, -0.2) is 18.5 Å². The predicted octanol–water partition coefficient (Wildman–Crippen LogP) is 4.84. The van der Waals surface area contributed by atoms with Crippen LogP contribution in [0.2, 0.25) is 0 Å². The molecule has 2 aliphatic rings. The van der Waals surface area contributed by atoms with E-state index >= 15 is 0 Å². The molecule has 0 atom stereocenters. The fraction of sp³-hybridized carbons (Fsp3) is 0.667. The smallest absolute Gasteiger partial charge is 0.207 e. The molecule has 2 N–H and O–H groups in total. The van der Waals surface area contributed by atoms with Gasteiger partial charge in [-0.1, -0.05) is 26.0 Å². The minimum absolute atomic E-state index is 0.374. The zero-order chi connectivity index (χ0) is 17.0. The number of anilines is 1. The van der Waals surface area contributed by atoms with Crippen LogP contribution in [0.1, 0.15) is 76.7 Å². The Balaban J connectivity index is 1.49. The second kappa shape index (κ2) is 7.58. The van der Waals surface area contributed by atoms with Crippen LogP contribution in [0.3, 0.4) is 0 Å². The zero-order valence-electron chi connectivity index (χ0n) is 15.2. The van der Waals surface area contributed by atoms with Crippen LogP contribution in [0, 0.1) is 5.41 Å². The van der Waals surface area contributed by atoms with Gasteiger partial charge in [-0.25, -0.2) is 0 Å². The average Bonchev–Trinajstić information content (AvgIpc) is 2.58. The van der Waals surface area contributed by atoms with Gasteiger partial charge in [0.2, 0.25) is 6.41 Å². The molecule has 0 aliphatic heterocycles. The Hall–Kier alpha value is -1.51. The van der Waals surface area contributed by atoms with Crippen molar-refractivity contribution in [2.75, 3.05) is 5.32 Å². The molecule has 2 aliphatic carbocycles. The fourth-order valence-electron chi connectivity index (χ4n) is 4.32. The summed E-state index contributed by atoms with van der Waals surface area (Å²) in [6.45, 7) is 4.80. The van der Waals surface area contributed by atoms with E-state index in [2.05, 4.69) is 48.7 Å². The Kier molecular flexibility index (Phi) is 5.47. The molecular formula is C21H32N2O. The lowest BCUT2D eigenvalue weighted by molar-refractivity contribution is -0.110. The molecule has 0 radical (unpaired) electrons. The molecule has 2 fully saturated rings. The molecule has 3 heteroatoms. The number of hydrogen-bond acceptors (Lipinski definition) is 2. The van der Waals surface area contributed by atoms with Crippen molar-refractivity contribution in [3.05, 3.63) is 29.8 Å². The molecule has 0 unspecified atom stereocenters. The van der Waals surface area contributed by atoms with E-state index in [1.165, 1.54) is 36.9 Å². The number of carbonyl (C=O) groups is 1. The van der Waals surface area contributed by atoms with Crippen molar-refractivity contribution in [3.63, 3.8) is 0 Å². The maximum Gasteiger partial charge on any atom is 0.207 e. The summed E-state index contributed by atoms with van der Waals surface area (Å²) in [7, 11) is 0. The van der Waals surface area contributed by atoms with Crippen molar-refractivity contribution < 1.29 is 4.79 Å². The highest BCUT2D eigenvalue weighted by molar-refractivity contribution is 5.47. The Labute approximate surface area is 146 Å². The van der Waals surface area contributed by atoms with Crippen LogP contribution in [0.25, 0.3) is 0 Å². The van der Waals surface area contributed by atoms with Crippen molar-refractivity contribution in [2.24, 2.45) is 5.41 Å². The van der Waals surface area contributed by atoms with Gasteiger partial charge in [0.15, 0.2) is 0 Å². The molecular weight excluding hydrogens is 296 g/mol. The molecule has 0 spiro atoms. The van der Waals surface area contributed by atoms with Crippen LogP contribution in [0.5, 0.6) is 0 Å². The predicted molar refractivity (Wildman–Crippen MR) is 100 cm³/mol. The largest absolute Gasteiger partial charge is 0.382 e. The first kappa shape index (κ1) is 17.3. The van der Waals surface area contributed by atoms with Gasteiger partial charge in [0, 0.05) is 17.8 Å². The first-order chi connectivity index (χ1) is 11.6. The summed E-state index contributed by atoms with van der Waals surface area (Å²) in [5.74, 6) is 0.747. The van der Waals surface area contributed by atoms with Crippen LogP contribution >= 0.6 is 0 Å². The second-order valence-corrected chi connectivity index (χ2v) is 8.54. The Morgan fingerprint density at radius 3 is 2.08 bits per heavy atom. The monoisotopic (exact) mass is 328 g/mol. The summed E-state index contributed by atoms with van der Waals surface area (Å²) in [6.07, 6.45) is 10.6. The minimum atomic E-state index is 0.374. The van der Waals surface area contributed by atoms with Crippen LogP contribution in [0.4, 0.5) is 5.69 Å². The maximum atomic E-state index is 10.5. The van der Waals surface area contributed by atoms with E-state index in [1.807, 2.05) is 0 Å². The molecule has 2 saturated carbocycles. The van der Waals surface area contributed by atoms with Crippen molar-refractivity contribution >= 4 is 12.1 Å². The van der Waals surface area contributed by atoms with Gasteiger partial charge in [-0.15, -0.1) is 0 Å². The first-order valence-corrected chi connectivity index (χ1v) is 9.62. The van der Waals surface area contributed by atoms with Gasteiger partial charge in [0.1, 0.15) is 0 Å². The summed E-state index contributed by atoms with van der Waals surface area (Å²) in [4.78, 5) is 10.5. The average molecular weight is 329 g/mol. The molecule has 24 heavy (non-hydrogen) atoms. The lowest BCUT2D eigenvalue weighted by Gasteiger charge is -2.34. The summed E-state index contributed by atoms with van der Waals surface area (Å²) in [5.41, 5.74) is 3.28. The lowest BCUT2D eigenvalue weighted by atomic mass is 9.71. The standard InChI is InChI=1S/C21H32N2O/c1-21(2)13-11-17(12-14-21)16-3-5-19(6-4-16)23-20-9-7-18(8-10-20)22-15-24/h3-6,15,17-18,20,23H,7-14H2,1-2H3,(H,22,24). The van der Waals surface area contributed by atoms with Gasteiger partial charge in [-0.3, -0.25) is 4.79 Å². The van der Waals surface area contributed by atoms with Crippen LogP contribution < -0.4 is 10.6 Å². The highest BCUT2D eigenvalue weighted by Gasteiger charge is 2.27. The Morgan fingerprint density at radius 1 is 0.917 bits per heavy atom. The van der Waals surface area contributed by atoms with Gasteiger partial charge in [-0.2, -0.15) is 0 Å². The molecule has 132 valence electrons. The SMILES string of the molecule is CC1(C)CCC(c2ccc(NC3CCC(NC=O)CC3)cc2)CC1. The molecule has 0 saturated heterocycles.